The Hall–Kier alpha value is -5.82. The molecular formula is C35H34N4O8S. The van der Waals surface area contributed by atoms with Crippen molar-refractivity contribution in [2.75, 3.05) is 32.0 Å². The summed E-state index contributed by atoms with van der Waals surface area (Å²) in [5, 5.41) is 18.8. The fraction of sp³-hybridized carbons (Fsp3) is 0.171. The molecule has 48 heavy (non-hydrogen) atoms. The van der Waals surface area contributed by atoms with Gasteiger partial charge in [-0.2, -0.15) is 0 Å². The van der Waals surface area contributed by atoms with Gasteiger partial charge in [0.25, 0.3) is 17.5 Å². The number of anilines is 2. The average Bonchev–Trinajstić information content (AvgIpc) is 3.09. The molecule has 3 N–H and O–H groups in total. The Labute approximate surface area is 281 Å². The van der Waals surface area contributed by atoms with Crippen molar-refractivity contribution in [3.63, 3.8) is 0 Å². The first-order chi connectivity index (χ1) is 23.0. The summed E-state index contributed by atoms with van der Waals surface area (Å²) in [5.74, 6) is -0.143. The van der Waals surface area contributed by atoms with E-state index in [2.05, 4.69) is 16.0 Å². The third kappa shape index (κ3) is 8.91. The molecule has 1 atom stereocenters. The number of amides is 3. The molecule has 0 saturated carbocycles. The minimum Gasteiger partial charge on any atom is -0.496 e. The molecule has 1 unspecified atom stereocenters. The van der Waals surface area contributed by atoms with Crippen molar-refractivity contribution in [1.82, 2.24) is 5.32 Å². The van der Waals surface area contributed by atoms with Crippen LogP contribution in [0.3, 0.4) is 0 Å². The van der Waals surface area contributed by atoms with Crippen LogP contribution in [0.25, 0.3) is 6.08 Å². The van der Waals surface area contributed by atoms with Crippen molar-refractivity contribution < 1.29 is 33.5 Å². The number of nitro groups is 1. The van der Waals surface area contributed by atoms with Gasteiger partial charge in [0.15, 0.2) is 11.5 Å². The molecular weight excluding hydrogens is 636 g/mol. The van der Waals surface area contributed by atoms with Crippen LogP contribution < -0.4 is 30.2 Å². The summed E-state index contributed by atoms with van der Waals surface area (Å²) >= 11 is 1.30. The maximum atomic E-state index is 13.6. The molecule has 0 bridgehead atoms. The van der Waals surface area contributed by atoms with E-state index in [9.17, 15) is 24.5 Å². The van der Waals surface area contributed by atoms with E-state index >= 15 is 0 Å². The molecule has 0 aliphatic carbocycles. The summed E-state index contributed by atoms with van der Waals surface area (Å²) in [7, 11) is 4.45. The van der Waals surface area contributed by atoms with Crippen molar-refractivity contribution in [1.29, 1.82) is 0 Å². The Bertz CT molecular complexity index is 1850. The van der Waals surface area contributed by atoms with Crippen molar-refractivity contribution >= 4 is 52.6 Å². The van der Waals surface area contributed by atoms with Gasteiger partial charge in [-0.05, 0) is 74.0 Å². The highest BCUT2D eigenvalue weighted by atomic mass is 32.2. The first kappa shape index (κ1) is 35.0. The zero-order valence-electron chi connectivity index (χ0n) is 26.9. The van der Waals surface area contributed by atoms with Crippen molar-refractivity contribution in [2.24, 2.45) is 0 Å². The van der Waals surface area contributed by atoms with E-state index in [0.29, 0.717) is 45.3 Å². The molecule has 0 aromatic heterocycles. The summed E-state index contributed by atoms with van der Waals surface area (Å²) in [6.07, 6.45) is 1.48. The Balaban J connectivity index is 1.51. The van der Waals surface area contributed by atoms with E-state index in [1.807, 2.05) is 0 Å². The molecule has 248 valence electrons. The summed E-state index contributed by atoms with van der Waals surface area (Å²) in [4.78, 5) is 50.8. The molecule has 0 radical (unpaired) electrons. The van der Waals surface area contributed by atoms with Gasteiger partial charge in [-0.25, -0.2) is 0 Å². The largest absolute Gasteiger partial charge is 0.496 e. The smallest absolute Gasteiger partial charge is 0.272 e. The lowest BCUT2D eigenvalue weighted by Crippen LogP contribution is -2.30. The highest BCUT2D eigenvalue weighted by Crippen LogP contribution is 2.36. The maximum Gasteiger partial charge on any atom is 0.272 e. The fourth-order valence-corrected chi connectivity index (χ4v) is 5.34. The number of ether oxygens (including phenoxy) is 3. The fourth-order valence-electron chi connectivity index (χ4n) is 4.47. The quantitative estimate of drug-likeness (QED) is 0.0628. The second-order valence-electron chi connectivity index (χ2n) is 10.3. The minimum atomic E-state index is -0.595. The summed E-state index contributed by atoms with van der Waals surface area (Å²) in [6.45, 7) is 3.43. The maximum absolute atomic E-state index is 13.6. The highest BCUT2D eigenvalue weighted by molar-refractivity contribution is 8.00. The summed E-state index contributed by atoms with van der Waals surface area (Å²) < 4.78 is 16.3. The number of nitrogens with one attached hydrogen (secondary N) is 3. The first-order valence-corrected chi connectivity index (χ1v) is 15.4. The molecule has 13 heteroatoms. The van der Waals surface area contributed by atoms with E-state index in [-0.39, 0.29) is 17.3 Å². The number of non-ortho nitro benzene ring substituents is 1. The van der Waals surface area contributed by atoms with Crippen molar-refractivity contribution in [3.8, 4) is 17.2 Å². The van der Waals surface area contributed by atoms with Gasteiger partial charge < -0.3 is 30.2 Å². The van der Waals surface area contributed by atoms with Crippen LogP contribution in [0.5, 0.6) is 17.2 Å². The Morgan fingerprint density at radius 3 is 2.08 bits per heavy atom. The van der Waals surface area contributed by atoms with Crippen LogP contribution in [0, 0.1) is 17.0 Å². The molecule has 0 aliphatic heterocycles. The predicted molar refractivity (Wildman–Crippen MR) is 185 cm³/mol. The second kappa shape index (κ2) is 16.1. The zero-order chi connectivity index (χ0) is 34.8. The SMILES string of the molecule is COc1cc(OC)c(OC)cc1/C=C(\NC(=O)c1ccccc1)C(=O)Nc1ccc(SC(C)C(=O)Nc2ccc([N+](=O)[O-])cc2C)cc1. The van der Waals surface area contributed by atoms with Crippen LogP contribution in [-0.4, -0.2) is 49.2 Å². The van der Waals surface area contributed by atoms with Gasteiger partial charge in [0.2, 0.25) is 5.91 Å². The van der Waals surface area contributed by atoms with Crippen LogP contribution in [-0.2, 0) is 9.59 Å². The van der Waals surface area contributed by atoms with Gasteiger partial charge in [0.1, 0.15) is 11.4 Å². The molecule has 0 heterocycles. The molecule has 4 aromatic rings. The van der Waals surface area contributed by atoms with Crippen LogP contribution in [0.4, 0.5) is 17.1 Å². The number of hydrogen-bond acceptors (Lipinski definition) is 9. The van der Waals surface area contributed by atoms with Crippen LogP contribution >= 0.6 is 11.8 Å². The van der Waals surface area contributed by atoms with E-state index < -0.39 is 22.0 Å². The molecule has 0 fully saturated rings. The standard InChI is InChI=1S/C35H34N4O8S/c1-21-17-26(39(43)44)13-16-28(21)37-33(40)22(2)48-27-14-11-25(12-15-27)36-35(42)29(38-34(41)23-9-7-6-8-10-23)18-24-19-31(46-4)32(47-5)20-30(24)45-3/h6-20,22H,1-5H3,(H,36,42)(H,37,40)(H,38,41)/b29-18-. The predicted octanol–water partition coefficient (Wildman–Crippen LogP) is 6.46. The van der Waals surface area contributed by atoms with Gasteiger partial charge >= 0.3 is 0 Å². The molecule has 3 amide bonds. The molecule has 4 aromatic carbocycles. The van der Waals surface area contributed by atoms with Crippen molar-refractivity contribution in [3.05, 3.63) is 117 Å². The third-order valence-electron chi connectivity index (χ3n) is 7.04. The Morgan fingerprint density at radius 2 is 1.48 bits per heavy atom. The van der Waals surface area contributed by atoms with Crippen LogP contribution in [0.1, 0.15) is 28.4 Å². The number of rotatable bonds is 13. The van der Waals surface area contributed by atoms with Gasteiger partial charge in [-0.15, -0.1) is 11.8 Å². The number of hydrogen-bond donors (Lipinski definition) is 3. The van der Waals surface area contributed by atoms with Crippen LogP contribution in [0.2, 0.25) is 0 Å². The highest BCUT2D eigenvalue weighted by Gasteiger charge is 2.20. The van der Waals surface area contributed by atoms with E-state index in [1.54, 1.807) is 80.6 Å². The lowest BCUT2D eigenvalue weighted by molar-refractivity contribution is -0.384. The van der Waals surface area contributed by atoms with E-state index in [1.165, 1.54) is 57.4 Å². The molecule has 4 rings (SSSR count). The Kier molecular flexibility index (Phi) is 11.8. The summed E-state index contributed by atoms with van der Waals surface area (Å²) in [6, 6.07) is 22.8. The number of benzene rings is 4. The van der Waals surface area contributed by atoms with Gasteiger partial charge in [0, 0.05) is 45.6 Å². The third-order valence-corrected chi connectivity index (χ3v) is 8.15. The molecule has 0 spiro atoms. The molecule has 12 nitrogen and oxygen atoms in total. The lowest BCUT2D eigenvalue weighted by atomic mass is 10.1. The number of thioether (sulfide) groups is 1. The van der Waals surface area contributed by atoms with Gasteiger partial charge in [0.05, 0.1) is 31.5 Å². The number of nitrogens with zero attached hydrogens (tertiary/aromatic N) is 1. The number of carbonyl (C=O) groups excluding carboxylic acids is 3. The average molecular weight is 671 g/mol. The van der Waals surface area contributed by atoms with Crippen molar-refractivity contribution in [2.45, 2.75) is 24.0 Å². The van der Waals surface area contributed by atoms with E-state index in [0.717, 1.165) is 4.90 Å². The number of methoxy groups -OCH3 is 3. The molecule has 0 saturated heterocycles. The Morgan fingerprint density at radius 1 is 0.833 bits per heavy atom. The minimum absolute atomic E-state index is 0.0537. The van der Waals surface area contributed by atoms with Crippen LogP contribution in [0.15, 0.2) is 95.5 Å². The lowest BCUT2D eigenvalue weighted by Gasteiger charge is -2.15. The topological polar surface area (TPSA) is 158 Å². The molecule has 0 aliphatic rings. The number of aryl methyl sites for hydroxylation is 1. The van der Waals surface area contributed by atoms with E-state index in [4.69, 9.17) is 14.2 Å². The number of carbonyl (C=O) groups is 3. The normalized spacial score (nSPS) is 11.6. The van der Waals surface area contributed by atoms with Gasteiger partial charge in [-0.3, -0.25) is 24.5 Å². The number of nitro benzene ring substituents is 1. The second-order valence-corrected chi connectivity index (χ2v) is 11.7. The van der Waals surface area contributed by atoms with Gasteiger partial charge in [-0.1, -0.05) is 18.2 Å². The monoisotopic (exact) mass is 670 g/mol. The first-order valence-electron chi connectivity index (χ1n) is 14.5. The summed E-state index contributed by atoms with van der Waals surface area (Å²) in [5.41, 5.74) is 2.22. The zero-order valence-corrected chi connectivity index (χ0v) is 27.7.